The molecule has 1 N–H and O–H groups in total. The van der Waals surface area contributed by atoms with Gasteiger partial charge in [-0.15, -0.1) is 0 Å². The number of benzene rings is 1. The van der Waals surface area contributed by atoms with Crippen molar-refractivity contribution < 1.29 is 9.68 Å². The number of hydrogen-bond acceptors (Lipinski definition) is 1. The molecule has 0 aliphatic rings. The standard InChI is InChI=1S/C11H16NO/c1-12(2)9-8-11(13)10-6-4-3-5-7-10/h3-7,11,13H,1,8-9H2,2H3/q+1. The lowest BCUT2D eigenvalue weighted by molar-refractivity contribution is -0.490. The zero-order chi connectivity index (χ0) is 9.68. The average molecular weight is 178 g/mol. The SMILES string of the molecule is C=[N+](C)CCC(O)c1ccccc1. The van der Waals surface area contributed by atoms with Gasteiger partial charge in [-0.05, 0) is 5.56 Å². The van der Waals surface area contributed by atoms with E-state index < -0.39 is 0 Å². The van der Waals surface area contributed by atoms with Crippen LogP contribution in [-0.2, 0) is 0 Å². The van der Waals surface area contributed by atoms with Gasteiger partial charge in [-0.25, -0.2) is 4.58 Å². The van der Waals surface area contributed by atoms with Crippen LogP contribution in [0.4, 0.5) is 0 Å². The number of aliphatic hydroxyl groups is 1. The van der Waals surface area contributed by atoms with Gasteiger partial charge in [-0.1, -0.05) is 30.3 Å². The zero-order valence-electron chi connectivity index (χ0n) is 7.98. The summed E-state index contributed by atoms with van der Waals surface area (Å²) in [6.45, 7) is 4.53. The van der Waals surface area contributed by atoms with Crippen molar-refractivity contribution in [2.45, 2.75) is 12.5 Å². The van der Waals surface area contributed by atoms with Crippen molar-refractivity contribution in [3.05, 3.63) is 35.9 Å². The molecule has 0 aliphatic carbocycles. The number of hydrogen-bond donors (Lipinski definition) is 1. The first kappa shape index (κ1) is 9.93. The van der Waals surface area contributed by atoms with E-state index in [1.165, 1.54) is 0 Å². The molecule has 0 amide bonds. The number of rotatable bonds is 4. The minimum absolute atomic E-state index is 0.370. The molecule has 0 aromatic heterocycles. The van der Waals surface area contributed by atoms with Gasteiger partial charge in [0.15, 0.2) is 0 Å². The quantitative estimate of drug-likeness (QED) is 0.547. The summed E-state index contributed by atoms with van der Waals surface area (Å²) in [6, 6.07) is 9.70. The summed E-state index contributed by atoms with van der Waals surface area (Å²) in [6.07, 6.45) is 0.356. The summed E-state index contributed by atoms with van der Waals surface area (Å²) in [7, 11) is 1.90. The van der Waals surface area contributed by atoms with E-state index in [4.69, 9.17) is 0 Å². The lowest BCUT2D eigenvalue weighted by atomic mass is 10.1. The van der Waals surface area contributed by atoms with Crippen molar-refractivity contribution in [2.75, 3.05) is 13.6 Å². The first-order valence-electron chi connectivity index (χ1n) is 4.45. The Morgan fingerprint density at radius 2 is 2.00 bits per heavy atom. The predicted octanol–water partition coefficient (Wildman–Crippen LogP) is 1.45. The maximum Gasteiger partial charge on any atom is 0.144 e. The molecule has 0 saturated heterocycles. The average Bonchev–Trinajstić information content (AvgIpc) is 2.15. The fourth-order valence-electron chi connectivity index (χ4n) is 1.18. The summed E-state index contributed by atoms with van der Waals surface area (Å²) in [4.78, 5) is 0. The molecule has 2 heteroatoms. The maximum absolute atomic E-state index is 9.71. The van der Waals surface area contributed by atoms with Gasteiger partial charge >= 0.3 is 0 Å². The van der Waals surface area contributed by atoms with Gasteiger partial charge < -0.3 is 5.11 Å². The Hall–Kier alpha value is -1.15. The molecule has 0 radical (unpaired) electrons. The third-order valence-electron chi connectivity index (χ3n) is 1.97. The van der Waals surface area contributed by atoms with Gasteiger partial charge in [0.1, 0.15) is 20.3 Å². The van der Waals surface area contributed by atoms with Crippen LogP contribution in [0, 0.1) is 0 Å². The van der Waals surface area contributed by atoms with E-state index in [1.54, 1.807) is 0 Å². The summed E-state index contributed by atoms with van der Waals surface area (Å²) in [5, 5.41) is 9.71. The molecular formula is C11H16NO+. The van der Waals surface area contributed by atoms with E-state index in [1.807, 2.05) is 42.0 Å². The fraction of sp³-hybridized carbons (Fsp3) is 0.364. The molecule has 0 bridgehead atoms. The largest absolute Gasteiger partial charge is 0.388 e. The minimum atomic E-state index is -0.370. The Balaban J connectivity index is 2.49. The summed E-state index contributed by atoms with van der Waals surface area (Å²) in [5.41, 5.74) is 0.976. The van der Waals surface area contributed by atoms with Crippen LogP contribution in [0.2, 0.25) is 0 Å². The molecule has 0 fully saturated rings. The van der Waals surface area contributed by atoms with Crippen LogP contribution in [0.15, 0.2) is 30.3 Å². The van der Waals surface area contributed by atoms with Gasteiger partial charge in [0, 0.05) is 6.42 Å². The molecule has 1 aromatic carbocycles. The molecule has 70 valence electrons. The zero-order valence-corrected chi connectivity index (χ0v) is 7.98. The highest BCUT2D eigenvalue weighted by Crippen LogP contribution is 2.14. The number of nitrogens with zero attached hydrogens (tertiary/aromatic N) is 1. The van der Waals surface area contributed by atoms with Gasteiger partial charge in [0.2, 0.25) is 0 Å². The molecular weight excluding hydrogens is 162 g/mol. The first-order valence-corrected chi connectivity index (χ1v) is 4.45. The second kappa shape index (κ2) is 4.77. The maximum atomic E-state index is 9.71. The van der Waals surface area contributed by atoms with E-state index in [9.17, 15) is 5.11 Å². The minimum Gasteiger partial charge on any atom is -0.388 e. The van der Waals surface area contributed by atoms with Crippen molar-refractivity contribution in [1.82, 2.24) is 0 Å². The molecule has 1 atom stereocenters. The second-order valence-corrected chi connectivity index (χ2v) is 3.29. The molecule has 0 saturated carbocycles. The van der Waals surface area contributed by atoms with E-state index >= 15 is 0 Å². The molecule has 0 spiro atoms. The van der Waals surface area contributed by atoms with Crippen LogP contribution in [0.1, 0.15) is 18.1 Å². The lowest BCUT2D eigenvalue weighted by Gasteiger charge is -2.08. The van der Waals surface area contributed by atoms with Crippen LogP contribution >= 0.6 is 0 Å². The van der Waals surface area contributed by atoms with E-state index in [0.29, 0.717) is 0 Å². The fourth-order valence-corrected chi connectivity index (χ4v) is 1.18. The molecule has 13 heavy (non-hydrogen) atoms. The van der Waals surface area contributed by atoms with Gasteiger partial charge in [0.25, 0.3) is 0 Å². The first-order chi connectivity index (χ1) is 6.20. The molecule has 0 aliphatic heterocycles. The summed E-state index contributed by atoms with van der Waals surface area (Å²) in [5.74, 6) is 0. The van der Waals surface area contributed by atoms with Crippen molar-refractivity contribution in [3.63, 3.8) is 0 Å². The second-order valence-electron chi connectivity index (χ2n) is 3.29. The van der Waals surface area contributed by atoms with Crippen molar-refractivity contribution in [1.29, 1.82) is 0 Å². The summed E-state index contributed by atoms with van der Waals surface area (Å²) >= 11 is 0. The van der Waals surface area contributed by atoms with Gasteiger partial charge in [-0.2, -0.15) is 0 Å². The highest BCUT2D eigenvalue weighted by Gasteiger charge is 2.07. The van der Waals surface area contributed by atoms with Crippen LogP contribution in [0.5, 0.6) is 0 Å². The van der Waals surface area contributed by atoms with Crippen LogP contribution in [-0.4, -0.2) is 30.0 Å². The molecule has 1 unspecified atom stereocenters. The van der Waals surface area contributed by atoms with Crippen molar-refractivity contribution in [3.8, 4) is 0 Å². The molecule has 2 nitrogen and oxygen atoms in total. The van der Waals surface area contributed by atoms with Gasteiger partial charge in [0.05, 0.1) is 6.10 Å². The monoisotopic (exact) mass is 178 g/mol. The Bertz CT molecular complexity index is 269. The van der Waals surface area contributed by atoms with Crippen LogP contribution < -0.4 is 0 Å². The van der Waals surface area contributed by atoms with Gasteiger partial charge in [-0.3, -0.25) is 0 Å². The predicted molar refractivity (Wildman–Crippen MR) is 54.2 cm³/mol. The Morgan fingerprint density at radius 1 is 1.38 bits per heavy atom. The highest BCUT2D eigenvalue weighted by atomic mass is 16.3. The number of aliphatic hydroxyl groups excluding tert-OH is 1. The molecule has 1 rings (SSSR count). The Kier molecular flexibility index (Phi) is 3.65. The topological polar surface area (TPSA) is 23.2 Å². The third-order valence-corrected chi connectivity index (χ3v) is 1.97. The molecule has 0 heterocycles. The van der Waals surface area contributed by atoms with E-state index in [2.05, 4.69) is 6.72 Å². The van der Waals surface area contributed by atoms with Crippen LogP contribution in [0.25, 0.3) is 0 Å². The smallest absolute Gasteiger partial charge is 0.144 e. The third kappa shape index (κ3) is 3.38. The van der Waals surface area contributed by atoms with E-state index in [-0.39, 0.29) is 6.10 Å². The van der Waals surface area contributed by atoms with Crippen molar-refractivity contribution in [2.24, 2.45) is 0 Å². The normalized spacial score (nSPS) is 12.5. The lowest BCUT2D eigenvalue weighted by Crippen LogP contribution is -2.09. The highest BCUT2D eigenvalue weighted by molar-refractivity contribution is 5.17. The Labute approximate surface area is 79.2 Å². The molecule has 1 aromatic rings. The Morgan fingerprint density at radius 3 is 2.54 bits per heavy atom. The van der Waals surface area contributed by atoms with E-state index in [0.717, 1.165) is 18.5 Å². The summed E-state index contributed by atoms with van der Waals surface area (Å²) < 4.78 is 1.83. The van der Waals surface area contributed by atoms with Crippen LogP contribution in [0.3, 0.4) is 0 Å². The van der Waals surface area contributed by atoms with Crippen molar-refractivity contribution >= 4 is 6.72 Å².